The summed E-state index contributed by atoms with van der Waals surface area (Å²) in [6.07, 6.45) is 0.518. The molecule has 1 saturated heterocycles. The first-order valence-corrected chi connectivity index (χ1v) is 13.1. The van der Waals surface area contributed by atoms with Gasteiger partial charge in [-0.2, -0.15) is 10.2 Å². The maximum Gasteiger partial charge on any atom is 0.264 e. The van der Waals surface area contributed by atoms with Gasteiger partial charge in [-0.25, -0.2) is 9.91 Å². The zero-order chi connectivity index (χ0) is 27.1. The van der Waals surface area contributed by atoms with Crippen LogP contribution in [0.1, 0.15) is 23.6 Å². The van der Waals surface area contributed by atoms with E-state index in [-0.39, 0.29) is 18.5 Å². The van der Waals surface area contributed by atoms with Crippen molar-refractivity contribution in [2.75, 3.05) is 18.6 Å². The Morgan fingerprint density at radius 2 is 1.77 bits per heavy atom. The van der Waals surface area contributed by atoms with Crippen LogP contribution < -0.4 is 9.64 Å². The molecule has 3 aromatic rings. The van der Waals surface area contributed by atoms with Gasteiger partial charge in [0.2, 0.25) is 0 Å². The van der Waals surface area contributed by atoms with Crippen LogP contribution in [0.25, 0.3) is 0 Å². The van der Waals surface area contributed by atoms with Gasteiger partial charge in [-0.1, -0.05) is 69.7 Å². The summed E-state index contributed by atoms with van der Waals surface area (Å²) in [4.78, 5) is 41.2. The van der Waals surface area contributed by atoms with E-state index in [1.54, 1.807) is 31.4 Å². The summed E-state index contributed by atoms with van der Waals surface area (Å²) in [7, 11) is 1.60. The Labute approximate surface area is 232 Å². The molecule has 3 heterocycles. The number of nitrogens with zero attached hydrogens (tertiary/aromatic N) is 6. The molecule has 39 heavy (non-hydrogen) atoms. The van der Waals surface area contributed by atoms with Gasteiger partial charge in [0.15, 0.2) is 12.1 Å². The van der Waals surface area contributed by atoms with Crippen LogP contribution in [0.15, 0.2) is 98.8 Å². The number of ether oxygens (including phenoxy) is 1. The number of halogens is 1. The molecule has 0 radical (unpaired) electrons. The molecule has 196 valence electrons. The lowest BCUT2D eigenvalue weighted by Gasteiger charge is -2.25. The lowest BCUT2D eigenvalue weighted by Crippen LogP contribution is -2.44. The van der Waals surface area contributed by atoms with Crippen molar-refractivity contribution < 1.29 is 19.1 Å². The van der Waals surface area contributed by atoms with E-state index in [4.69, 9.17) is 9.84 Å². The third-order valence-electron chi connectivity index (χ3n) is 7.00. The average molecular weight is 587 g/mol. The van der Waals surface area contributed by atoms with Crippen LogP contribution in [0.5, 0.6) is 5.75 Å². The van der Waals surface area contributed by atoms with E-state index in [1.165, 1.54) is 10.0 Å². The number of hydrazone groups is 1. The number of carbonyl (C=O) groups is 3. The van der Waals surface area contributed by atoms with E-state index in [2.05, 4.69) is 26.3 Å². The normalized spacial score (nSPS) is 21.9. The van der Waals surface area contributed by atoms with Gasteiger partial charge in [-0.3, -0.25) is 19.4 Å². The molecule has 10 nitrogen and oxygen atoms in total. The second kappa shape index (κ2) is 10.1. The first-order chi connectivity index (χ1) is 18.9. The number of carbonyl (C=O) groups excluding carboxylic acids is 3. The number of hydrogen-bond donors (Lipinski definition) is 0. The van der Waals surface area contributed by atoms with Gasteiger partial charge in [-0.15, -0.1) is 0 Å². The van der Waals surface area contributed by atoms with Gasteiger partial charge in [-0.05, 0) is 41.5 Å². The van der Waals surface area contributed by atoms with Gasteiger partial charge in [0.1, 0.15) is 12.3 Å². The molecule has 3 amide bonds. The number of amides is 3. The van der Waals surface area contributed by atoms with Gasteiger partial charge in [0.25, 0.3) is 17.7 Å². The molecule has 3 atom stereocenters. The summed E-state index contributed by atoms with van der Waals surface area (Å²) in [5.74, 6) is -0.588. The van der Waals surface area contributed by atoms with Crippen molar-refractivity contribution in [3.05, 3.63) is 94.5 Å². The smallest absolute Gasteiger partial charge is 0.264 e. The minimum atomic E-state index is -0.997. The van der Waals surface area contributed by atoms with Crippen molar-refractivity contribution in [1.29, 1.82) is 0 Å². The van der Waals surface area contributed by atoms with Crippen LogP contribution in [0.4, 0.5) is 5.69 Å². The molecular weight excluding hydrogens is 564 g/mol. The number of imide groups is 1. The summed E-state index contributed by atoms with van der Waals surface area (Å²) in [5.41, 5.74) is 3.03. The zero-order valence-electron chi connectivity index (χ0n) is 20.8. The fourth-order valence-corrected chi connectivity index (χ4v) is 5.45. The molecule has 1 fully saturated rings. The highest BCUT2D eigenvalue weighted by atomic mass is 79.9. The van der Waals surface area contributed by atoms with Gasteiger partial charge in [0.05, 0.1) is 24.6 Å². The predicted octanol–water partition coefficient (Wildman–Crippen LogP) is 4.13. The van der Waals surface area contributed by atoms with Crippen LogP contribution in [0.2, 0.25) is 0 Å². The van der Waals surface area contributed by atoms with E-state index >= 15 is 0 Å². The van der Waals surface area contributed by atoms with Crippen LogP contribution in [0, 0.1) is 0 Å². The van der Waals surface area contributed by atoms with E-state index in [0.29, 0.717) is 17.9 Å². The van der Waals surface area contributed by atoms with Gasteiger partial charge in [0, 0.05) is 10.9 Å². The molecule has 0 saturated carbocycles. The van der Waals surface area contributed by atoms with E-state index in [1.807, 2.05) is 54.6 Å². The van der Waals surface area contributed by atoms with Crippen molar-refractivity contribution in [3.8, 4) is 5.75 Å². The van der Waals surface area contributed by atoms with Crippen molar-refractivity contribution in [3.63, 3.8) is 0 Å². The summed E-state index contributed by atoms with van der Waals surface area (Å²) in [6, 6.07) is 21.8. The van der Waals surface area contributed by atoms with Crippen molar-refractivity contribution in [2.45, 2.75) is 24.5 Å². The Morgan fingerprint density at radius 3 is 2.49 bits per heavy atom. The molecule has 0 spiro atoms. The van der Waals surface area contributed by atoms with E-state index in [0.717, 1.165) is 26.2 Å². The highest BCUT2D eigenvalue weighted by Crippen LogP contribution is 2.36. The van der Waals surface area contributed by atoms with Crippen molar-refractivity contribution in [1.82, 2.24) is 10.0 Å². The van der Waals surface area contributed by atoms with Crippen LogP contribution in [-0.2, 0) is 14.4 Å². The van der Waals surface area contributed by atoms with Crippen LogP contribution >= 0.6 is 15.9 Å². The summed E-state index contributed by atoms with van der Waals surface area (Å²) in [5, 5.41) is 15.5. The Morgan fingerprint density at radius 1 is 1.00 bits per heavy atom. The van der Waals surface area contributed by atoms with E-state index < -0.39 is 23.9 Å². The lowest BCUT2D eigenvalue weighted by molar-refractivity contribution is -0.135. The molecule has 3 aliphatic rings. The minimum absolute atomic E-state index is 0.256. The standard InChI is InChI=1S/C28H23BrN6O4/c1-39-21-12-10-18(11-13-21)23-15-22(17-6-3-2-4-7-17)31-35(23)24(36)16-33-26-25(30-32-33)27(37)34(28(26)38)20-9-5-8-19(29)14-20/h2-14,23,25-26H,15-16H2,1H3/t23-,25+,26+/m1/s1. The zero-order valence-corrected chi connectivity index (χ0v) is 22.4. The highest BCUT2D eigenvalue weighted by Gasteiger charge is 2.55. The Balaban J connectivity index is 1.26. The number of anilines is 1. The summed E-state index contributed by atoms with van der Waals surface area (Å²) in [6.45, 7) is -0.256. The maximum atomic E-state index is 13.7. The first-order valence-electron chi connectivity index (χ1n) is 12.3. The molecule has 0 bridgehead atoms. The second-order valence-corrected chi connectivity index (χ2v) is 10.2. The minimum Gasteiger partial charge on any atom is -0.497 e. The number of hydrogen-bond acceptors (Lipinski definition) is 8. The van der Waals surface area contributed by atoms with Crippen molar-refractivity contribution >= 4 is 45.1 Å². The van der Waals surface area contributed by atoms with Crippen molar-refractivity contribution in [2.24, 2.45) is 15.4 Å². The largest absolute Gasteiger partial charge is 0.497 e. The number of methoxy groups -OCH3 is 1. The fraction of sp³-hybridized carbons (Fsp3) is 0.214. The maximum absolute atomic E-state index is 13.7. The Kier molecular flexibility index (Phi) is 6.43. The molecule has 0 N–H and O–H groups in total. The SMILES string of the molecule is COc1ccc([C@H]2CC(c3ccccc3)=NN2C(=O)CN2N=N[C@@H]3C(=O)N(c4cccc(Br)c4)C(=O)[C@H]32)cc1. The number of rotatable bonds is 6. The molecule has 6 rings (SSSR count). The van der Waals surface area contributed by atoms with Gasteiger partial charge < -0.3 is 4.74 Å². The highest BCUT2D eigenvalue weighted by molar-refractivity contribution is 9.10. The molecule has 11 heteroatoms. The van der Waals surface area contributed by atoms with Crippen LogP contribution in [0.3, 0.4) is 0 Å². The monoisotopic (exact) mass is 586 g/mol. The third-order valence-corrected chi connectivity index (χ3v) is 7.49. The first kappa shape index (κ1) is 24.9. The average Bonchev–Trinajstić information content (AvgIpc) is 3.65. The predicted molar refractivity (Wildman–Crippen MR) is 146 cm³/mol. The topological polar surface area (TPSA) is 107 Å². The Hall–Kier alpha value is -4.38. The number of benzene rings is 3. The molecule has 3 aliphatic heterocycles. The Bertz CT molecular complexity index is 1510. The molecule has 0 unspecified atom stereocenters. The lowest BCUT2D eigenvalue weighted by atomic mass is 9.98. The summed E-state index contributed by atoms with van der Waals surface area (Å²) < 4.78 is 6.02. The summed E-state index contributed by atoms with van der Waals surface area (Å²) >= 11 is 3.38. The fourth-order valence-electron chi connectivity index (χ4n) is 5.07. The van der Waals surface area contributed by atoms with Gasteiger partial charge >= 0.3 is 0 Å². The molecule has 3 aromatic carbocycles. The molecule has 0 aromatic heterocycles. The quantitative estimate of drug-likeness (QED) is 0.404. The van der Waals surface area contributed by atoms with Crippen LogP contribution in [-0.4, -0.2) is 59.2 Å². The second-order valence-electron chi connectivity index (χ2n) is 9.33. The van der Waals surface area contributed by atoms with E-state index in [9.17, 15) is 14.4 Å². The molecule has 0 aliphatic carbocycles. The molecular formula is C28H23BrN6O4. The third kappa shape index (κ3) is 4.48. The number of fused-ring (bicyclic) bond motifs is 1.